The molecule has 1 heterocycles. The van der Waals surface area contributed by atoms with Crippen molar-refractivity contribution in [3.05, 3.63) is 109 Å². The van der Waals surface area contributed by atoms with E-state index in [1.807, 2.05) is 103 Å². The van der Waals surface area contributed by atoms with Crippen molar-refractivity contribution in [3.63, 3.8) is 0 Å². The van der Waals surface area contributed by atoms with Crippen LogP contribution in [0.5, 0.6) is 17.4 Å². The molecular formula is C32H25N3O4. The van der Waals surface area contributed by atoms with Gasteiger partial charge in [-0.1, -0.05) is 78.9 Å². The SMILES string of the molecule is O=C(COc1ccc2ccccc2c1)N=Nc1c(O)n(CCOc2ccc3ccccc3c2)c2ccccc12. The third-order valence-corrected chi connectivity index (χ3v) is 6.57. The lowest BCUT2D eigenvalue weighted by molar-refractivity contribution is -0.120. The molecule has 0 saturated carbocycles. The van der Waals surface area contributed by atoms with Gasteiger partial charge >= 0.3 is 5.91 Å². The first-order chi connectivity index (χ1) is 19.2. The fraction of sp³-hybridized carbons (Fsp3) is 0.0938. The highest BCUT2D eigenvalue weighted by molar-refractivity contribution is 5.95. The number of para-hydroxylation sites is 1. The van der Waals surface area contributed by atoms with Crippen LogP contribution in [0, 0.1) is 0 Å². The van der Waals surface area contributed by atoms with Crippen molar-refractivity contribution in [1.82, 2.24) is 4.57 Å². The molecule has 39 heavy (non-hydrogen) atoms. The van der Waals surface area contributed by atoms with E-state index in [9.17, 15) is 9.90 Å². The first-order valence-corrected chi connectivity index (χ1v) is 12.6. The first-order valence-electron chi connectivity index (χ1n) is 12.6. The molecule has 1 N–H and O–H groups in total. The summed E-state index contributed by atoms with van der Waals surface area (Å²) in [5, 5.41) is 23.9. The molecule has 7 heteroatoms. The largest absolute Gasteiger partial charge is 0.493 e. The summed E-state index contributed by atoms with van der Waals surface area (Å²) in [6, 6.07) is 35.0. The Balaban J connectivity index is 1.14. The molecule has 192 valence electrons. The predicted octanol–water partition coefficient (Wildman–Crippen LogP) is 7.42. The fourth-order valence-electron chi connectivity index (χ4n) is 4.65. The molecule has 0 spiro atoms. The molecule has 0 saturated heterocycles. The van der Waals surface area contributed by atoms with E-state index in [0.717, 1.165) is 32.8 Å². The van der Waals surface area contributed by atoms with E-state index in [-0.39, 0.29) is 18.2 Å². The van der Waals surface area contributed by atoms with Crippen LogP contribution in [0.3, 0.4) is 0 Å². The van der Waals surface area contributed by atoms with Gasteiger partial charge in [0.1, 0.15) is 18.1 Å². The van der Waals surface area contributed by atoms with Crippen LogP contribution in [0.1, 0.15) is 0 Å². The van der Waals surface area contributed by atoms with E-state index in [1.54, 1.807) is 4.57 Å². The summed E-state index contributed by atoms with van der Waals surface area (Å²) < 4.78 is 13.3. The number of azo groups is 1. The number of benzene rings is 5. The summed E-state index contributed by atoms with van der Waals surface area (Å²) in [7, 11) is 0. The van der Waals surface area contributed by atoms with Gasteiger partial charge in [-0.25, -0.2) is 0 Å². The van der Waals surface area contributed by atoms with Crippen molar-refractivity contribution in [3.8, 4) is 17.4 Å². The molecule has 0 bridgehead atoms. The Hall–Kier alpha value is -5.17. The number of nitrogens with zero attached hydrogens (tertiary/aromatic N) is 3. The van der Waals surface area contributed by atoms with E-state index >= 15 is 0 Å². The molecule has 1 aromatic heterocycles. The van der Waals surface area contributed by atoms with E-state index in [4.69, 9.17) is 9.47 Å². The number of aromatic hydroxyl groups is 1. The minimum atomic E-state index is -0.556. The van der Waals surface area contributed by atoms with Crippen LogP contribution in [0.4, 0.5) is 5.69 Å². The lowest BCUT2D eigenvalue weighted by Gasteiger charge is -2.10. The monoisotopic (exact) mass is 515 g/mol. The molecule has 0 aliphatic heterocycles. The fourth-order valence-corrected chi connectivity index (χ4v) is 4.65. The van der Waals surface area contributed by atoms with Crippen LogP contribution in [0.2, 0.25) is 0 Å². The second-order valence-electron chi connectivity index (χ2n) is 9.09. The molecule has 0 atom stereocenters. The zero-order chi connectivity index (χ0) is 26.6. The summed E-state index contributed by atoms with van der Waals surface area (Å²) in [5.74, 6) is 0.689. The lowest BCUT2D eigenvalue weighted by atomic mass is 10.1. The molecule has 0 fully saturated rings. The standard InChI is InChI=1S/C32H25N3O4/c36-30(21-39-27-16-14-23-8-2-4-10-25(23)20-27)33-34-31-28-11-5-6-12-29(28)35(32(31)37)17-18-38-26-15-13-22-7-1-3-9-24(22)19-26/h1-16,19-20,37H,17-18,21H2. The Morgan fingerprint density at radius 3 is 2.00 bits per heavy atom. The minimum absolute atomic E-state index is 0.0784. The third-order valence-electron chi connectivity index (χ3n) is 6.57. The number of ether oxygens (including phenoxy) is 2. The number of carbonyl (C=O) groups is 1. The van der Waals surface area contributed by atoms with Gasteiger partial charge in [0.05, 0.1) is 12.1 Å². The van der Waals surface area contributed by atoms with E-state index in [1.165, 1.54) is 0 Å². The van der Waals surface area contributed by atoms with E-state index in [2.05, 4.69) is 16.3 Å². The van der Waals surface area contributed by atoms with Crippen LogP contribution in [0.15, 0.2) is 119 Å². The van der Waals surface area contributed by atoms with Crippen LogP contribution in [-0.2, 0) is 11.3 Å². The topological polar surface area (TPSA) is 85.4 Å². The van der Waals surface area contributed by atoms with Gasteiger partial charge in [-0.3, -0.25) is 4.79 Å². The molecule has 0 aliphatic carbocycles. The van der Waals surface area contributed by atoms with E-state index in [0.29, 0.717) is 24.3 Å². The molecular weight excluding hydrogens is 490 g/mol. The zero-order valence-corrected chi connectivity index (χ0v) is 21.0. The summed E-state index contributed by atoms with van der Waals surface area (Å²) >= 11 is 0. The number of hydrogen-bond acceptors (Lipinski definition) is 5. The van der Waals surface area contributed by atoms with Gasteiger partial charge in [-0.05, 0) is 51.9 Å². The molecule has 0 aliphatic rings. The summed E-state index contributed by atoms with van der Waals surface area (Å²) in [6.07, 6.45) is 0. The quantitative estimate of drug-likeness (QED) is 0.214. The second-order valence-corrected chi connectivity index (χ2v) is 9.09. The van der Waals surface area contributed by atoms with Crippen LogP contribution in [0.25, 0.3) is 32.4 Å². The predicted molar refractivity (Wildman–Crippen MR) is 152 cm³/mol. The van der Waals surface area contributed by atoms with Crippen LogP contribution >= 0.6 is 0 Å². The molecule has 6 rings (SSSR count). The summed E-state index contributed by atoms with van der Waals surface area (Å²) in [5.41, 5.74) is 1.00. The average molecular weight is 516 g/mol. The van der Waals surface area contributed by atoms with Gasteiger partial charge in [-0.15, -0.1) is 10.2 Å². The van der Waals surface area contributed by atoms with Gasteiger partial charge in [0.15, 0.2) is 12.3 Å². The van der Waals surface area contributed by atoms with Gasteiger partial charge < -0.3 is 19.1 Å². The Bertz CT molecular complexity index is 1840. The maximum absolute atomic E-state index is 12.4. The normalized spacial score (nSPS) is 11.5. The molecule has 0 unspecified atom stereocenters. The number of fused-ring (bicyclic) bond motifs is 3. The smallest absolute Gasteiger partial charge is 0.302 e. The van der Waals surface area contributed by atoms with Crippen molar-refractivity contribution in [2.24, 2.45) is 10.2 Å². The summed E-state index contributed by atoms with van der Waals surface area (Å²) in [6.45, 7) is 0.453. The first kappa shape index (κ1) is 24.2. The molecule has 7 nitrogen and oxygen atoms in total. The van der Waals surface area contributed by atoms with Gasteiger partial charge in [0.2, 0.25) is 5.88 Å². The number of hydrogen-bond donors (Lipinski definition) is 1. The number of carbonyl (C=O) groups excluding carboxylic acids is 1. The number of aromatic nitrogens is 1. The molecule has 1 amide bonds. The highest BCUT2D eigenvalue weighted by atomic mass is 16.5. The maximum Gasteiger partial charge on any atom is 0.302 e. The lowest BCUT2D eigenvalue weighted by Crippen LogP contribution is -2.08. The minimum Gasteiger partial charge on any atom is -0.493 e. The Morgan fingerprint density at radius 1 is 0.718 bits per heavy atom. The Kier molecular flexibility index (Phi) is 6.62. The van der Waals surface area contributed by atoms with Crippen LogP contribution in [-0.4, -0.2) is 28.8 Å². The highest BCUT2D eigenvalue weighted by Crippen LogP contribution is 2.38. The molecule has 0 radical (unpaired) electrons. The van der Waals surface area contributed by atoms with Crippen molar-refractivity contribution < 1.29 is 19.4 Å². The highest BCUT2D eigenvalue weighted by Gasteiger charge is 2.17. The molecule has 6 aromatic rings. The summed E-state index contributed by atoms with van der Waals surface area (Å²) in [4.78, 5) is 12.4. The Morgan fingerprint density at radius 2 is 1.31 bits per heavy atom. The van der Waals surface area contributed by atoms with Crippen molar-refractivity contribution in [2.45, 2.75) is 6.54 Å². The van der Waals surface area contributed by atoms with Crippen molar-refractivity contribution in [2.75, 3.05) is 13.2 Å². The average Bonchev–Trinajstić information content (AvgIpc) is 3.25. The maximum atomic E-state index is 12.4. The number of rotatable bonds is 8. The zero-order valence-electron chi connectivity index (χ0n) is 21.0. The molecule has 5 aromatic carbocycles. The van der Waals surface area contributed by atoms with Gasteiger partial charge in [0, 0.05) is 5.39 Å². The number of amides is 1. The van der Waals surface area contributed by atoms with Crippen molar-refractivity contribution >= 4 is 44.0 Å². The van der Waals surface area contributed by atoms with Gasteiger partial charge in [0.25, 0.3) is 0 Å². The third kappa shape index (κ3) is 5.15. The Labute approximate surface area is 224 Å². The second kappa shape index (κ2) is 10.7. The van der Waals surface area contributed by atoms with Gasteiger partial charge in [-0.2, -0.15) is 0 Å². The van der Waals surface area contributed by atoms with E-state index < -0.39 is 5.91 Å². The van der Waals surface area contributed by atoms with Crippen molar-refractivity contribution in [1.29, 1.82) is 0 Å². The van der Waals surface area contributed by atoms with Crippen LogP contribution < -0.4 is 9.47 Å².